The molecule has 0 aromatic rings. The molecule has 10 nitrogen and oxygen atoms in total. The second kappa shape index (κ2) is 30.6. The monoisotopic (exact) mass is 594 g/mol. The van der Waals surface area contributed by atoms with Crippen molar-refractivity contribution in [3.05, 3.63) is 0 Å². The molecular formula is C31H62O10. The number of carbonyl (C=O) groups excluding carboxylic acids is 1. The molecule has 0 fully saturated rings. The van der Waals surface area contributed by atoms with Crippen LogP contribution in [0.2, 0.25) is 0 Å². The van der Waals surface area contributed by atoms with Gasteiger partial charge in [-0.3, -0.25) is 4.79 Å². The van der Waals surface area contributed by atoms with E-state index in [0.717, 1.165) is 18.8 Å². The molecule has 0 heterocycles. The molecule has 0 aromatic carbocycles. The zero-order chi connectivity index (χ0) is 30.4. The fourth-order valence-corrected chi connectivity index (χ4v) is 4.20. The van der Waals surface area contributed by atoms with Crippen LogP contribution >= 0.6 is 0 Å². The van der Waals surface area contributed by atoms with Crippen LogP contribution < -0.4 is 0 Å². The SMILES string of the molecule is CC(C)CCCCCCCCCCCCCCC(=O)OCCOCC(O)COCC(O)COCC(O)COCCO. The summed E-state index contributed by atoms with van der Waals surface area (Å²) in [7, 11) is 0. The van der Waals surface area contributed by atoms with Crippen molar-refractivity contribution in [3.63, 3.8) is 0 Å². The maximum absolute atomic E-state index is 11.8. The molecule has 0 bridgehead atoms. The lowest BCUT2D eigenvalue weighted by atomic mass is 10.0. The van der Waals surface area contributed by atoms with E-state index in [1.54, 1.807) is 0 Å². The smallest absolute Gasteiger partial charge is 0.305 e. The normalized spacial score (nSPS) is 13.9. The van der Waals surface area contributed by atoms with Crippen LogP contribution in [-0.4, -0.2) is 111 Å². The molecule has 0 aliphatic rings. The Morgan fingerprint density at radius 1 is 0.537 bits per heavy atom. The molecular weight excluding hydrogens is 532 g/mol. The Kier molecular flexibility index (Phi) is 30.0. The average molecular weight is 595 g/mol. The highest BCUT2D eigenvalue weighted by Gasteiger charge is 2.11. The van der Waals surface area contributed by atoms with Crippen LogP contribution in [0, 0.1) is 5.92 Å². The second-order valence-corrected chi connectivity index (χ2v) is 11.3. The summed E-state index contributed by atoms with van der Waals surface area (Å²) in [6, 6.07) is 0. The quantitative estimate of drug-likeness (QED) is 0.0671. The number of esters is 1. The van der Waals surface area contributed by atoms with Gasteiger partial charge in [-0.1, -0.05) is 90.9 Å². The van der Waals surface area contributed by atoms with E-state index in [1.807, 2.05) is 0 Å². The summed E-state index contributed by atoms with van der Waals surface area (Å²) >= 11 is 0. The van der Waals surface area contributed by atoms with Crippen molar-refractivity contribution in [2.45, 2.75) is 122 Å². The van der Waals surface area contributed by atoms with Crippen molar-refractivity contribution in [2.24, 2.45) is 5.92 Å². The molecule has 0 saturated heterocycles. The van der Waals surface area contributed by atoms with Gasteiger partial charge in [-0.15, -0.1) is 0 Å². The molecule has 0 radical (unpaired) electrons. The van der Waals surface area contributed by atoms with E-state index in [0.29, 0.717) is 6.42 Å². The predicted molar refractivity (Wildman–Crippen MR) is 159 cm³/mol. The van der Waals surface area contributed by atoms with Crippen LogP contribution in [0.15, 0.2) is 0 Å². The largest absolute Gasteiger partial charge is 0.463 e. The van der Waals surface area contributed by atoms with Gasteiger partial charge in [0.15, 0.2) is 0 Å². The highest BCUT2D eigenvalue weighted by atomic mass is 16.6. The van der Waals surface area contributed by atoms with E-state index < -0.39 is 18.3 Å². The van der Waals surface area contributed by atoms with Crippen molar-refractivity contribution >= 4 is 5.97 Å². The summed E-state index contributed by atoms with van der Waals surface area (Å²) < 4.78 is 25.9. The highest BCUT2D eigenvalue weighted by Crippen LogP contribution is 2.14. The van der Waals surface area contributed by atoms with Gasteiger partial charge in [-0.2, -0.15) is 0 Å². The first-order valence-corrected chi connectivity index (χ1v) is 16.0. The Bertz CT molecular complexity index is 549. The number of ether oxygens (including phenoxy) is 5. The van der Waals surface area contributed by atoms with E-state index in [2.05, 4.69) is 13.8 Å². The Morgan fingerprint density at radius 2 is 0.927 bits per heavy atom. The Labute approximate surface area is 249 Å². The van der Waals surface area contributed by atoms with Gasteiger partial charge >= 0.3 is 5.97 Å². The maximum Gasteiger partial charge on any atom is 0.305 e. The van der Waals surface area contributed by atoms with Crippen LogP contribution in [-0.2, 0) is 28.5 Å². The van der Waals surface area contributed by atoms with E-state index in [9.17, 15) is 20.1 Å². The molecule has 0 aromatic heterocycles. The lowest BCUT2D eigenvalue weighted by molar-refractivity contribution is -0.145. The molecule has 3 unspecified atom stereocenters. The maximum atomic E-state index is 11.8. The van der Waals surface area contributed by atoms with E-state index in [1.165, 1.54) is 70.6 Å². The first-order chi connectivity index (χ1) is 19.8. The molecule has 0 amide bonds. The van der Waals surface area contributed by atoms with Crippen LogP contribution in [0.25, 0.3) is 0 Å². The number of aliphatic hydroxyl groups excluding tert-OH is 4. The van der Waals surface area contributed by atoms with Gasteiger partial charge in [0.2, 0.25) is 0 Å². The zero-order valence-electron chi connectivity index (χ0n) is 26.0. The number of carbonyl (C=O) groups is 1. The third kappa shape index (κ3) is 31.9. The molecule has 0 rings (SSSR count). The molecule has 0 spiro atoms. The Hall–Kier alpha value is -0.850. The van der Waals surface area contributed by atoms with E-state index in [-0.39, 0.29) is 72.0 Å². The van der Waals surface area contributed by atoms with Crippen molar-refractivity contribution in [1.29, 1.82) is 0 Å². The zero-order valence-corrected chi connectivity index (χ0v) is 26.0. The lowest BCUT2D eigenvalue weighted by Gasteiger charge is -2.16. The summed E-state index contributed by atoms with van der Waals surface area (Å²) in [5.41, 5.74) is 0. The van der Waals surface area contributed by atoms with Crippen molar-refractivity contribution < 1.29 is 48.9 Å². The fourth-order valence-electron chi connectivity index (χ4n) is 4.20. The van der Waals surface area contributed by atoms with Crippen molar-refractivity contribution in [3.8, 4) is 0 Å². The first kappa shape index (κ1) is 40.1. The van der Waals surface area contributed by atoms with Gasteiger partial charge < -0.3 is 44.1 Å². The minimum atomic E-state index is -0.905. The second-order valence-electron chi connectivity index (χ2n) is 11.3. The number of hydrogen-bond acceptors (Lipinski definition) is 10. The highest BCUT2D eigenvalue weighted by molar-refractivity contribution is 5.69. The third-order valence-corrected chi connectivity index (χ3v) is 6.50. The lowest BCUT2D eigenvalue weighted by Crippen LogP contribution is -2.29. The molecule has 41 heavy (non-hydrogen) atoms. The Morgan fingerprint density at radius 3 is 1.37 bits per heavy atom. The van der Waals surface area contributed by atoms with Gasteiger partial charge in [-0.25, -0.2) is 0 Å². The Balaban J connectivity index is 3.40. The summed E-state index contributed by atoms with van der Waals surface area (Å²) in [5, 5.41) is 37.9. The topological polar surface area (TPSA) is 144 Å². The summed E-state index contributed by atoms with van der Waals surface area (Å²) in [5.74, 6) is 0.619. The van der Waals surface area contributed by atoms with Gasteiger partial charge in [0, 0.05) is 6.42 Å². The minimum absolute atomic E-state index is 0.0113. The fraction of sp³-hybridized carbons (Fsp3) is 0.968. The number of aliphatic hydroxyl groups is 4. The average Bonchev–Trinajstić information content (AvgIpc) is 2.93. The molecule has 0 saturated carbocycles. The standard InChI is InChI=1S/C31H62O10/c1-27(2)15-13-11-9-7-5-3-4-6-8-10-12-14-16-31(36)41-20-19-38-22-29(34)24-40-26-30(35)25-39-23-28(33)21-37-18-17-32/h27-30,32-35H,3-26H2,1-2H3. The summed E-state index contributed by atoms with van der Waals surface area (Å²) in [6.45, 7) is 4.93. The predicted octanol–water partition coefficient (Wildman–Crippen LogP) is 3.79. The first-order valence-electron chi connectivity index (χ1n) is 16.0. The third-order valence-electron chi connectivity index (χ3n) is 6.50. The van der Waals surface area contributed by atoms with Crippen LogP contribution in [0.5, 0.6) is 0 Å². The minimum Gasteiger partial charge on any atom is -0.463 e. The van der Waals surface area contributed by atoms with Gasteiger partial charge in [0.25, 0.3) is 0 Å². The summed E-state index contributed by atoms with van der Waals surface area (Å²) in [4.78, 5) is 11.8. The number of rotatable bonds is 32. The molecule has 0 aliphatic heterocycles. The van der Waals surface area contributed by atoms with E-state index in [4.69, 9.17) is 28.8 Å². The van der Waals surface area contributed by atoms with Crippen LogP contribution in [0.3, 0.4) is 0 Å². The van der Waals surface area contributed by atoms with Crippen LogP contribution in [0.1, 0.15) is 104 Å². The van der Waals surface area contributed by atoms with Gasteiger partial charge in [0.05, 0.1) is 59.5 Å². The molecule has 0 aliphatic carbocycles. The molecule has 10 heteroatoms. The number of hydrogen-bond donors (Lipinski definition) is 4. The van der Waals surface area contributed by atoms with Crippen molar-refractivity contribution in [2.75, 3.05) is 66.1 Å². The van der Waals surface area contributed by atoms with Crippen LogP contribution in [0.4, 0.5) is 0 Å². The van der Waals surface area contributed by atoms with Gasteiger partial charge in [-0.05, 0) is 12.3 Å². The summed E-state index contributed by atoms with van der Waals surface area (Å²) in [6.07, 6.45) is 14.3. The molecule has 3 atom stereocenters. The van der Waals surface area contributed by atoms with E-state index >= 15 is 0 Å². The van der Waals surface area contributed by atoms with Crippen molar-refractivity contribution in [1.82, 2.24) is 0 Å². The number of unbranched alkanes of at least 4 members (excludes halogenated alkanes) is 11. The van der Waals surface area contributed by atoms with Gasteiger partial charge in [0.1, 0.15) is 24.9 Å². The molecule has 246 valence electrons. The molecule has 4 N–H and O–H groups in total.